The fourth-order valence-corrected chi connectivity index (χ4v) is 4.89. The number of hydrogen-bond acceptors (Lipinski definition) is 5. The van der Waals surface area contributed by atoms with Crippen molar-refractivity contribution < 1.29 is 18.0 Å². The number of amides is 1. The number of nitrogens with one attached hydrogen (secondary N) is 2. The Morgan fingerprint density at radius 3 is 2.55 bits per heavy atom. The maximum atomic E-state index is 12.6. The summed E-state index contributed by atoms with van der Waals surface area (Å²) in [7, 11) is -3.38. The molecule has 9 heteroatoms. The van der Waals surface area contributed by atoms with Crippen LogP contribution >= 0.6 is 23.2 Å². The number of hydrogen-bond donors (Lipinski definition) is 2. The normalized spacial score (nSPS) is 15.7. The second kappa shape index (κ2) is 9.59. The van der Waals surface area contributed by atoms with Crippen LogP contribution in [0, 0.1) is 6.92 Å². The summed E-state index contributed by atoms with van der Waals surface area (Å²) in [5.74, 6) is -0.243. The highest BCUT2D eigenvalue weighted by molar-refractivity contribution is 7.90. The van der Waals surface area contributed by atoms with E-state index in [1.54, 1.807) is 0 Å². The van der Waals surface area contributed by atoms with Crippen molar-refractivity contribution in [3.05, 3.63) is 51.5 Å². The van der Waals surface area contributed by atoms with Gasteiger partial charge in [0.25, 0.3) is 0 Å². The number of carbonyl (C=O) groups is 2. The predicted octanol–water partition coefficient (Wildman–Crippen LogP) is 4.81. The van der Waals surface area contributed by atoms with Gasteiger partial charge in [0.2, 0.25) is 5.91 Å². The van der Waals surface area contributed by atoms with Crippen molar-refractivity contribution in [2.75, 3.05) is 16.9 Å². The minimum atomic E-state index is -3.38. The topological polar surface area (TPSA) is 92.3 Å². The molecule has 0 aliphatic carbocycles. The number of carbonyl (C=O) groups excluding carboxylic acids is 2. The van der Waals surface area contributed by atoms with E-state index < -0.39 is 9.84 Å². The first kappa shape index (κ1) is 23.6. The van der Waals surface area contributed by atoms with E-state index in [2.05, 4.69) is 16.7 Å². The smallest absolute Gasteiger partial charge is 0.224 e. The van der Waals surface area contributed by atoms with Gasteiger partial charge in [-0.15, -0.1) is 0 Å². The van der Waals surface area contributed by atoms with E-state index in [4.69, 9.17) is 23.2 Å². The SMILES string of the molecule is Cc1cc(Cl)c2c(c1)CCC(C(=O)CCCC(=O)Nc1ccc(S(C)(=O)=O)cc1Cl)N2. The number of halogens is 2. The molecule has 1 heterocycles. The largest absolute Gasteiger partial charge is 0.374 e. The number of Topliss-reactive ketones (excluding diaryl/α,β-unsaturated/α-hetero) is 1. The third kappa shape index (κ3) is 5.99. The van der Waals surface area contributed by atoms with E-state index in [9.17, 15) is 18.0 Å². The molecule has 1 amide bonds. The van der Waals surface area contributed by atoms with Gasteiger partial charge in [-0.2, -0.15) is 0 Å². The summed E-state index contributed by atoms with van der Waals surface area (Å²) in [5.41, 5.74) is 3.36. The summed E-state index contributed by atoms with van der Waals surface area (Å²) in [4.78, 5) is 24.9. The van der Waals surface area contributed by atoms with Gasteiger partial charge >= 0.3 is 0 Å². The van der Waals surface area contributed by atoms with Crippen LogP contribution in [0.4, 0.5) is 11.4 Å². The first-order valence-electron chi connectivity index (χ1n) is 9.92. The van der Waals surface area contributed by atoms with E-state index in [0.717, 1.165) is 29.5 Å². The van der Waals surface area contributed by atoms with Crippen LogP contribution in [0.2, 0.25) is 10.0 Å². The van der Waals surface area contributed by atoms with Gasteiger partial charge in [-0.1, -0.05) is 29.3 Å². The molecule has 0 radical (unpaired) electrons. The van der Waals surface area contributed by atoms with Gasteiger partial charge in [0.1, 0.15) is 0 Å². The number of sulfone groups is 1. The van der Waals surface area contributed by atoms with Crippen molar-refractivity contribution in [3.63, 3.8) is 0 Å². The van der Waals surface area contributed by atoms with Gasteiger partial charge in [-0.05, 0) is 61.6 Å². The molecule has 6 nitrogen and oxygen atoms in total. The van der Waals surface area contributed by atoms with E-state index in [1.807, 2.05) is 13.0 Å². The molecule has 1 aliphatic rings. The standard InChI is InChI=1S/C22H24Cl2N2O4S/c1-13-10-14-6-8-19(26-22(14)17(24)11-13)20(27)4-3-5-21(28)25-18-9-7-15(12-16(18)23)31(2,29)30/h7,9-12,19,26H,3-6,8H2,1-2H3,(H,25,28). The highest BCUT2D eigenvalue weighted by Gasteiger charge is 2.25. The second-order valence-electron chi connectivity index (χ2n) is 7.80. The van der Waals surface area contributed by atoms with Crippen molar-refractivity contribution in [1.29, 1.82) is 0 Å². The summed E-state index contributed by atoms with van der Waals surface area (Å²) >= 11 is 12.4. The molecule has 0 bridgehead atoms. The lowest BCUT2D eigenvalue weighted by atomic mass is 9.93. The molecule has 1 atom stereocenters. The van der Waals surface area contributed by atoms with Crippen LogP contribution in [0.5, 0.6) is 0 Å². The van der Waals surface area contributed by atoms with Gasteiger partial charge < -0.3 is 10.6 Å². The first-order chi connectivity index (χ1) is 14.5. The number of ketones is 1. The van der Waals surface area contributed by atoms with Crippen LogP contribution in [0.15, 0.2) is 35.2 Å². The molecule has 0 saturated carbocycles. The molecule has 2 N–H and O–H groups in total. The second-order valence-corrected chi connectivity index (χ2v) is 10.6. The van der Waals surface area contributed by atoms with Crippen LogP contribution in [-0.2, 0) is 25.8 Å². The zero-order valence-corrected chi connectivity index (χ0v) is 19.6. The molecule has 1 unspecified atom stereocenters. The fourth-order valence-electron chi connectivity index (χ4n) is 3.60. The molecule has 3 rings (SSSR count). The highest BCUT2D eigenvalue weighted by Crippen LogP contribution is 2.33. The Labute approximate surface area is 192 Å². The van der Waals surface area contributed by atoms with Crippen molar-refractivity contribution in [1.82, 2.24) is 0 Å². The minimum Gasteiger partial charge on any atom is -0.374 e. The number of anilines is 2. The maximum Gasteiger partial charge on any atom is 0.224 e. The summed E-state index contributed by atoms with van der Waals surface area (Å²) < 4.78 is 23.1. The maximum absolute atomic E-state index is 12.6. The molecule has 2 aromatic rings. The van der Waals surface area contributed by atoms with E-state index >= 15 is 0 Å². The van der Waals surface area contributed by atoms with Crippen molar-refractivity contribution in [3.8, 4) is 0 Å². The summed E-state index contributed by atoms with van der Waals surface area (Å²) in [6.45, 7) is 1.99. The number of fused-ring (bicyclic) bond motifs is 1. The van der Waals surface area contributed by atoms with E-state index in [0.29, 0.717) is 23.6 Å². The third-order valence-corrected chi connectivity index (χ3v) is 6.92. The van der Waals surface area contributed by atoms with Gasteiger partial charge in [-0.3, -0.25) is 9.59 Å². The van der Waals surface area contributed by atoms with Crippen molar-refractivity contribution in [2.24, 2.45) is 0 Å². The van der Waals surface area contributed by atoms with Crippen LogP contribution < -0.4 is 10.6 Å². The number of rotatable bonds is 7. The zero-order chi connectivity index (χ0) is 22.8. The molecule has 2 aromatic carbocycles. The molecule has 0 aromatic heterocycles. The van der Waals surface area contributed by atoms with Crippen LogP contribution in [0.3, 0.4) is 0 Å². The lowest BCUT2D eigenvalue weighted by molar-refractivity contribution is -0.120. The van der Waals surface area contributed by atoms with Gasteiger partial charge in [0.05, 0.1) is 32.4 Å². The summed E-state index contributed by atoms with van der Waals surface area (Å²) in [6, 6.07) is 7.78. The third-order valence-electron chi connectivity index (χ3n) is 5.20. The molecule has 0 spiro atoms. The predicted molar refractivity (Wildman–Crippen MR) is 124 cm³/mol. The zero-order valence-electron chi connectivity index (χ0n) is 17.3. The van der Waals surface area contributed by atoms with Crippen molar-refractivity contribution in [2.45, 2.75) is 50.0 Å². The highest BCUT2D eigenvalue weighted by atomic mass is 35.5. The Morgan fingerprint density at radius 1 is 1.13 bits per heavy atom. The molecular weight excluding hydrogens is 459 g/mol. The van der Waals surface area contributed by atoms with E-state index in [-0.39, 0.29) is 40.5 Å². The quantitative estimate of drug-likeness (QED) is 0.590. The van der Waals surface area contributed by atoms with Crippen LogP contribution in [-0.4, -0.2) is 32.4 Å². The van der Waals surface area contributed by atoms with Gasteiger partial charge in [0.15, 0.2) is 15.6 Å². The monoisotopic (exact) mass is 482 g/mol. The molecule has 166 valence electrons. The Hall–Kier alpha value is -2.09. The lowest BCUT2D eigenvalue weighted by Crippen LogP contribution is -2.33. The van der Waals surface area contributed by atoms with Crippen LogP contribution in [0.1, 0.15) is 36.8 Å². The van der Waals surface area contributed by atoms with E-state index in [1.165, 1.54) is 18.2 Å². The lowest BCUT2D eigenvalue weighted by Gasteiger charge is -2.27. The summed E-state index contributed by atoms with van der Waals surface area (Å²) in [6.07, 6.45) is 3.38. The molecule has 1 aliphatic heterocycles. The fraction of sp³-hybridized carbons (Fsp3) is 0.364. The molecule has 0 saturated heterocycles. The minimum absolute atomic E-state index is 0.0469. The Balaban J connectivity index is 1.50. The van der Waals surface area contributed by atoms with Crippen molar-refractivity contribution >= 4 is 56.1 Å². The first-order valence-corrected chi connectivity index (χ1v) is 12.6. The Morgan fingerprint density at radius 2 is 1.87 bits per heavy atom. The molecule has 0 fully saturated rings. The molecular formula is C22H24Cl2N2O4S. The van der Waals surface area contributed by atoms with Gasteiger partial charge in [0, 0.05) is 19.1 Å². The van der Waals surface area contributed by atoms with Crippen LogP contribution in [0.25, 0.3) is 0 Å². The average molecular weight is 483 g/mol. The average Bonchev–Trinajstić information content (AvgIpc) is 2.68. The Kier molecular flexibility index (Phi) is 7.29. The number of aryl methyl sites for hydroxylation is 2. The van der Waals surface area contributed by atoms with Gasteiger partial charge in [-0.25, -0.2) is 8.42 Å². The Bertz CT molecular complexity index is 1130. The molecule has 31 heavy (non-hydrogen) atoms. The summed E-state index contributed by atoms with van der Waals surface area (Å²) in [5, 5.41) is 6.66. The number of benzene rings is 2.